The monoisotopic (exact) mass is 405 g/mol. The highest BCUT2D eigenvalue weighted by Gasteiger charge is 2.18. The molecule has 24 heavy (non-hydrogen) atoms. The van der Waals surface area contributed by atoms with Crippen molar-refractivity contribution in [1.29, 1.82) is 0 Å². The molecule has 0 atom stereocenters. The van der Waals surface area contributed by atoms with Crippen LogP contribution in [0.5, 0.6) is 0 Å². The molecule has 3 aromatic rings. The molecule has 6 nitrogen and oxygen atoms in total. The lowest BCUT2D eigenvalue weighted by molar-refractivity contribution is 0.103. The first kappa shape index (κ1) is 16.8. The number of hydrogen-bond donors (Lipinski definition) is 1. The number of aromatic nitrogens is 4. The molecule has 8 heteroatoms. The number of nitrogens with zero attached hydrogens (tertiary/aromatic N) is 4. The number of rotatable bonds is 4. The molecule has 3 rings (SSSR count). The second kappa shape index (κ2) is 6.82. The van der Waals surface area contributed by atoms with Gasteiger partial charge in [0.25, 0.3) is 5.91 Å². The van der Waals surface area contributed by atoms with Gasteiger partial charge in [0.1, 0.15) is 17.5 Å². The molecule has 2 heterocycles. The molecule has 1 N–H and O–H groups in total. The van der Waals surface area contributed by atoms with E-state index in [1.165, 1.54) is 17.7 Å². The summed E-state index contributed by atoms with van der Waals surface area (Å²) in [5.41, 5.74) is 2.15. The summed E-state index contributed by atoms with van der Waals surface area (Å²) >= 11 is 4.87. The Bertz CT molecular complexity index is 873. The number of nitrogens with one attached hydrogen (secondary N) is 1. The van der Waals surface area contributed by atoms with Gasteiger partial charge in [-0.1, -0.05) is 29.8 Å². The predicted molar refractivity (Wildman–Crippen MR) is 98.0 cm³/mol. The summed E-state index contributed by atoms with van der Waals surface area (Å²) in [6.07, 6.45) is 3.05. The Balaban J connectivity index is 1.94. The van der Waals surface area contributed by atoms with Crippen molar-refractivity contribution >= 4 is 38.9 Å². The molecule has 0 spiro atoms. The molecular weight excluding hydrogens is 390 g/mol. The van der Waals surface area contributed by atoms with E-state index < -0.39 is 0 Å². The van der Waals surface area contributed by atoms with E-state index in [2.05, 4.69) is 50.2 Å². The van der Waals surface area contributed by atoms with Crippen molar-refractivity contribution in [2.75, 3.05) is 5.32 Å². The van der Waals surface area contributed by atoms with Gasteiger partial charge in [-0.15, -0.1) is 11.3 Å². The van der Waals surface area contributed by atoms with Crippen molar-refractivity contribution in [2.24, 2.45) is 0 Å². The number of thiazole rings is 1. The second-order valence-electron chi connectivity index (χ2n) is 5.58. The SMILES string of the molecule is Cc1nc(C(C)C)sc1C(=O)Nc1cc(Br)ccc1-n1cncn1. The zero-order valence-corrected chi connectivity index (χ0v) is 15.8. The summed E-state index contributed by atoms with van der Waals surface area (Å²) in [7, 11) is 0. The van der Waals surface area contributed by atoms with Gasteiger partial charge in [0.15, 0.2) is 0 Å². The minimum absolute atomic E-state index is 0.170. The zero-order chi connectivity index (χ0) is 17.3. The smallest absolute Gasteiger partial charge is 0.267 e. The molecule has 0 bridgehead atoms. The fourth-order valence-electron chi connectivity index (χ4n) is 2.19. The van der Waals surface area contributed by atoms with Crippen molar-refractivity contribution in [3.05, 3.63) is 50.9 Å². The lowest BCUT2D eigenvalue weighted by atomic mass is 10.2. The molecule has 1 aromatic carbocycles. The van der Waals surface area contributed by atoms with E-state index in [0.29, 0.717) is 16.5 Å². The maximum absolute atomic E-state index is 12.7. The first-order valence-electron chi connectivity index (χ1n) is 7.39. The zero-order valence-electron chi connectivity index (χ0n) is 13.4. The van der Waals surface area contributed by atoms with Crippen LogP contribution in [0.4, 0.5) is 5.69 Å². The van der Waals surface area contributed by atoms with E-state index in [0.717, 1.165) is 20.9 Å². The van der Waals surface area contributed by atoms with Gasteiger partial charge >= 0.3 is 0 Å². The Morgan fingerprint density at radius 1 is 1.38 bits per heavy atom. The molecule has 2 aromatic heterocycles. The van der Waals surface area contributed by atoms with Crippen molar-refractivity contribution in [2.45, 2.75) is 26.7 Å². The van der Waals surface area contributed by atoms with Crippen molar-refractivity contribution in [1.82, 2.24) is 19.7 Å². The van der Waals surface area contributed by atoms with Crippen LogP contribution in [0.15, 0.2) is 35.3 Å². The minimum Gasteiger partial charge on any atom is -0.319 e. The number of carbonyl (C=O) groups is 1. The van der Waals surface area contributed by atoms with Crippen LogP contribution in [0.3, 0.4) is 0 Å². The third-order valence-electron chi connectivity index (χ3n) is 3.39. The topological polar surface area (TPSA) is 72.7 Å². The Labute approximate surface area is 152 Å². The molecule has 0 aliphatic heterocycles. The van der Waals surface area contributed by atoms with Crippen LogP contribution in [-0.4, -0.2) is 25.7 Å². The number of anilines is 1. The van der Waals surface area contributed by atoms with Crippen LogP contribution >= 0.6 is 27.3 Å². The Morgan fingerprint density at radius 3 is 2.79 bits per heavy atom. The van der Waals surface area contributed by atoms with E-state index in [9.17, 15) is 4.79 Å². The molecule has 0 aliphatic rings. The summed E-state index contributed by atoms with van der Waals surface area (Å²) < 4.78 is 2.48. The molecule has 0 aliphatic carbocycles. The van der Waals surface area contributed by atoms with Crippen molar-refractivity contribution in [3.8, 4) is 5.69 Å². The lowest BCUT2D eigenvalue weighted by Crippen LogP contribution is -2.14. The summed E-state index contributed by atoms with van der Waals surface area (Å²) in [6, 6.07) is 5.60. The predicted octanol–water partition coefficient (Wildman–Crippen LogP) is 4.17. The number of hydrogen-bond acceptors (Lipinski definition) is 5. The van der Waals surface area contributed by atoms with Crippen molar-refractivity contribution in [3.63, 3.8) is 0 Å². The fourth-order valence-corrected chi connectivity index (χ4v) is 3.52. The van der Waals surface area contributed by atoms with Crippen LogP contribution < -0.4 is 5.32 Å². The van der Waals surface area contributed by atoms with Gasteiger partial charge in [-0.05, 0) is 25.1 Å². The number of carbonyl (C=O) groups excluding carboxylic acids is 1. The third-order valence-corrected chi connectivity index (χ3v) is 5.34. The number of aryl methyl sites for hydroxylation is 1. The highest BCUT2D eigenvalue weighted by Crippen LogP contribution is 2.28. The van der Waals surface area contributed by atoms with Crippen LogP contribution in [0.2, 0.25) is 0 Å². The molecule has 1 amide bonds. The van der Waals surface area contributed by atoms with Gasteiger partial charge in [-0.25, -0.2) is 14.6 Å². The third kappa shape index (κ3) is 3.39. The highest BCUT2D eigenvalue weighted by atomic mass is 79.9. The van der Waals surface area contributed by atoms with Gasteiger partial charge < -0.3 is 5.32 Å². The Morgan fingerprint density at radius 2 is 2.17 bits per heavy atom. The maximum atomic E-state index is 12.7. The molecule has 0 fully saturated rings. The minimum atomic E-state index is -0.170. The van der Waals surface area contributed by atoms with E-state index in [-0.39, 0.29) is 5.91 Å². The van der Waals surface area contributed by atoms with Gasteiger partial charge in [-0.3, -0.25) is 4.79 Å². The van der Waals surface area contributed by atoms with Crippen LogP contribution in [0.1, 0.15) is 40.1 Å². The lowest BCUT2D eigenvalue weighted by Gasteiger charge is -2.11. The largest absolute Gasteiger partial charge is 0.319 e. The molecule has 124 valence electrons. The van der Waals surface area contributed by atoms with Gasteiger partial charge in [0, 0.05) is 10.4 Å². The summed E-state index contributed by atoms with van der Waals surface area (Å²) in [5.74, 6) is 0.128. The van der Waals surface area contributed by atoms with Crippen molar-refractivity contribution < 1.29 is 4.79 Å². The normalized spacial score (nSPS) is 11.0. The second-order valence-corrected chi connectivity index (χ2v) is 7.52. The summed E-state index contributed by atoms with van der Waals surface area (Å²) in [4.78, 5) is 21.8. The van der Waals surface area contributed by atoms with Gasteiger partial charge in [0.05, 0.1) is 22.1 Å². The van der Waals surface area contributed by atoms with E-state index >= 15 is 0 Å². The van der Waals surface area contributed by atoms with Crippen LogP contribution in [0, 0.1) is 6.92 Å². The van der Waals surface area contributed by atoms with E-state index in [1.807, 2.05) is 25.1 Å². The van der Waals surface area contributed by atoms with E-state index in [1.54, 1.807) is 11.0 Å². The molecular formula is C16H16BrN5OS. The highest BCUT2D eigenvalue weighted by molar-refractivity contribution is 9.10. The summed E-state index contributed by atoms with van der Waals surface area (Å²) in [6.45, 7) is 5.99. The molecule has 0 saturated heterocycles. The van der Waals surface area contributed by atoms with Crippen LogP contribution in [0.25, 0.3) is 5.69 Å². The number of benzene rings is 1. The Kier molecular flexibility index (Phi) is 4.77. The number of amides is 1. The first-order valence-corrected chi connectivity index (χ1v) is 9.00. The van der Waals surface area contributed by atoms with Gasteiger partial charge in [-0.2, -0.15) is 5.10 Å². The molecule has 0 unspecified atom stereocenters. The van der Waals surface area contributed by atoms with Crippen LogP contribution in [-0.2, 0) is 0 Å². The Hall–Kier alpha value is -2.06. The first-order chi connectivity index (χ1) is 11.5. The quantitative estimate of drug-likeness (QED) is 0.706. The number of halogens is 1. The van der Waals surface area contributed by atoms with E-state index in [4.69, 9.17) is 0 Å². The maximum Gasteiger partial charge on any atom is 0.267 e. The fraction of sp³-hybridized carbons (Fsp3) is 0.250. The standard InChI is InChI=1S/C16H16BrN5OS/c1-9(2)16-20-10(3)14(24-16)15(23)21-12-6-11(17)4-5-13(12)22-8-18-7-19-22/h4-9H,1-3H3,(H,21,23). The van der Waals surface area contributed by atoms with Gasteiger partial charge in [0.2, 0.25) is 0 Å². The molecule has 0 saturated carbocycles. The average molecular weight is 406 g/mol. The summed E-state index contributed by atoms with van der Waals surface area (Å²) in [5, 5.41) is 8.05. The average Bonchev–Trinajstić information content (AvgIpc) is 3.17. The molecule has 0 radical (unpaired) electrons.